The van der Waals surface area contributed by atoms with E-state index in [0.717, 1.165) is 5.56 Å². The van der Waals surface area contributed by atoms with Crippen molar-refractivity contribution in [3.05, 3.63) is 35.9 Å². The smallest absolute Gasteiger partial charge is 0.324 e. The van der Waals surface area contributed by atoms with E-state index in [-0.39, 0.29) is 6.61 Å². The monoisotopic (exact) mass is 227 g/mol. The van der Waals surface area contributed by atoms with Crippen LogP contribution >= 0.6 is 11.6 Å². The molecule has 1 atom stereocenters. The van der Waals surface area contributed by atoms with Crippen molar-refractivity contribution in [2.45, 2.75) is 18.4 Å². The fourth-order valence-corrected chi connectivity index (χ4v) is 1.27. The summed E-state index contributed by atoms with van der Waals surface area (Å²) in [5.41, 5.74) is 6.23. The highest BCUT2D eigenvalue weighted by molar-refractivity contribution is 6.29. The van der Waals surface area contributed by atoms with Crippen LogP contribution in [0.5, 0.6) is 0 Å². The first kappa shape index (κ1) is 12.0. The second-order valence-corrected chi connectivity index (χ2v) is 3.67. The number of halogens is 1. The van der Waals surface area contributed by atoms with Gasteiger partial charge in [-0.15, -0.1) is 11.6 Å². The van der Waals surface area contributed by atoms with Crippen molar-refractivity contribution in [3.63, 3.8) is 0 Å². The lowest BCUT2D eigenvalue weighted by molar-refractivity contribution is -0.144. The fourth-order valence-electron chi connectivity index (χ4n) is 1.08. The summed E-state index contributed by atoms with van der Waals surface area (Å²) in [7, 11) is 0. The number of carbonyl (C=O) groups excluding carboxylic acids is 1. The summed E-state index contributed by atoms with van der Waals surface area (Å²) in [6.45, 7) is 0.641. The van der Waals surface area contributed by atoms with Gasteiger partial charge in [-0.25, -0.2) is 0 Å². The van der Waals surface area contributed by atoms with Gasteiger partial charge in [-0.1, -0.05) is 30.3 Å². The number of hydrogen-bond acceptors (Lipinski definition) is 3. The fraction of sp³-hybridized carbons (Fsp3) is 0.364. The third-order valence-corrected chi connectivity index (χ3v) is 2.30. The molecule has 0 bridgehead atoms. The molecule has 1 rings (SSSR count). The first-order valence-corrected chi connectivity index (χ1v) is 5.22. The highest BCUT2D eigenvalue weighted by Crippen LogP contribution is 2.06. The van der Waals surface area contributed by atoms with E-state index >= 15 is 0 Å². The largest absolute Gasteiger partial charge is 0.460 e. The molecule has 0 aliphatic carbocycles. The second-order valence-electron chi connectivity index (χ2n) is 3.14. The van der Waals surface area contributed by atoms with Gasteiger partial charge in [0.15, 0.2) is 0 Å². The molecule has 0 aliphatic rings. The van der Waals surface area contributed by atoms with Gasteiger partial charge < -0.3 is 10.5 Å². The first-order chi connectivity index (χ1) is 7.24. The molecule has 0 saturated carbocycles. The Hall–Kier alpha value is -1.06. The summed E-state index contributed by atoms with van der Waals surface area (Å²) >= 11 is 5.74. The normalized spacial score (nSPS) is 12.1. The lowest BCUT2D eigenvalue weighted by Crippen LogP contribution is -2.21. The Kier molecular flexibility index (Phi) is 5.15. The van der Waals surface area contributed by atoms with Crippen LogP contribution < -0.4 is 5.73 Å². The van der Waals surface area contributed by atoms with Crippen LogP contribution in [0.4, 0.5) is 0 Å². The number of esters is 1. The van der Waals surface area contributed by atoms with Gasteiger partial charge in [-0.3, -0.25) is 4.79 Å². The SMILES string of the molecule is NCCC(Cl)C(=O)OCc1ccccc1. The van der Waals surface area contributed by atoms with Crippen molar-refractivity contribution in [3.8, 4) is 0 Å². The quantitative estimate of drug-likeness (QED) is 0.615. The Morgan fingerprint density at radius 2 is 2.07 bits per heavy atom. The third kappa shape index (κ3) is 4.32. The molecule has 4 heteroatoms. The average molecular weight is 228 g/mol. The summed E-state index contributed by atoms with van der Waals surface area (Å²) < 4.78 is 5.02. The molecule has 0 amide bonds. The van der Waals surface area contributed by atoms with Crippen molar-refractivity contribution in [1.29, 1.82) is 0 Å². The third-order valence-electron chi connectivity index (χ3n) is 1.90. The van der Waals surface area contributed by atoms with Crippen LogP contribution in [0.1, 0.15) is 12.0 Å². The van der Waals surface area contributed by atoms with Crippen molar-refractivity contribution >= 4 is 17.6 Å². The number of carbonyl (C=O) groups is 1. The molecule has 0 radical (unpaired) electrons. The molecule has 15 heavy (non-hydrogen) atoms. The maximum atomic E-state index is 11.3. The Morgan fingerprint density at radius 3 is 2.67 bits per heavy atom. The van der Waals surface area contributed by atoms with Crippen LogP contribution in [0, 0.1) is 0 Å². The van der Waals surface area contributed by atoms with E-state index in [1.165, 1.54) is 0 Å². The van der Waals surface area contributed by atoms with E-state index < -0.39 is 11.3 Å². The summed E-state index contributed by atoms with van der Waals surface area (Å²) in [4.78, 5) is 11.3. The summed E-state index contributed by atoms with van der Waals surface area (Å²) in [5, 5.41) is -0.640. The Bertz CT molecular complexity index is 303. The molecule has 0 aromatic heterocycles. The maximum absolute atomic E-state index is 11.3. The van der Waals surface area contributed by atoms with Gasteiger partial charge in [0.25, 0.3) is 0 Å². The topological polar surface area (TPSA) is 52.3 Å². The highest BCUT2D eigenvalue weighted by atomic mass is 35.5. The molecule has 1 aromatic carbocycles. The van der Waals surface area contributed by atoms with Crippen LogP contribution in [0.15, 0.2) is 30.3 Å². The number of rotatable bonds is 5. The first-order valence-electron chi connectivity index (χ1n) is 4.78. The molecule has 82 valence electrons. The molecule has 0 spiro atoms. The van der Waals surface area contributed by atoms with Crippen LogP contribution in [0.2, 0.25) is 0 Å². The average Bonchev–Trinajstić information content (AvgIpc) is 2.27. The molecular weight excluding hydrogens is 214 g/mol. The molecule has 1 aromatic rings. The van der Waals surface area contributed by atoms with Crippen LogP contribution in [0.3, 0.4) is 0 Å². The van der Waals surface area contributed by atoms with E-state index in [0.29, 0.717) is 13.0 Å². The lowest BCUT2D eigenvalue weighted by Gasteiger charge is -2.08. The van der Waals surface area contributed by atoms with E-state index in [2.05, 4.69) is 0 Å². The van der Waals surface area contributed by atoms with Gasteiger partial charge in [0.2, 0.25) is 0 Å². The molecule has 0 fully saturated rings. The molecule has 0 heterocycles. The standard InChI is InChI=1S/C11H14ClNO2/c12-10(6-7-13)11(14)15-8-9-4-2-1-3-5-9/h1-5,10H,6-8,13H2. The van der Waals surface area contributed by atoms with Crippen LogP contribution in [0.25, 0.3) is 0 Å². The minimum absolute atomic E-state index is 0.257. The molecule has 0 saturated heterocycles. The van der Waals surface area contributed by atoms with Gasteiger partial charge in [0.05, 0.1) is 0 Å². The van der Waals surface area contributed by atoms with E-state index in [1.807, 2.05) is 30.3 Å². The highest BCUT2D eigenvalue weighted by Gasteiger charge is 2.15. The number of hydrogen-bond donors (Lipinski definition) is 1. The van der Waals surface area contributed by atoms with Crippen molar-refractivity contribution < 1.29 is 9.53 Å². The van der Waals surface area contributed by atoms with Crippen LogP contribution in [-0.2, 0) is 16.1 Å². The summed E-state index contributed by atoms with van der Waals surface area (Å²) in [5.74, 6) is -0.411. The van der Waals surface area contributed by atoms with Crippen LogP contribution in [-0.4, -0.2) is 17.9 Å². The Balaban J connectivity index is 2.34. The van der Waals surface area contributed by atoms with E-state index in [4.69, 9.17) is 22.1 Å². The van der Waals surface area contributed by atoms with Gasteiger partial charge in [-0.2, -0.15) is 0 Å². The minimum Gasteiger partial charge on any atom is -0.460 e. The molecule has 0 aliphatic heterocycles. The second kappa shape index (κ2) is 6.43. The minimum atomic E-state index is -0.640. The molecule has 2 N–H and O–H groups in total. The van der Waals surface area contributed by atoms with Crippen molar-refractivity contribution in [1.82, 2.24) is 0 Å². The maximum Gasteiger partial charge on any atom is 0.324 e. The Labute approximate surface area is 94.2 Å². The van der Waals surface area contributed by atoms with Crippen molar-refractivity contribution in [2.75, 3.05) is 6.54 Å². The number of ether oxygens (including phenoxy) is 1. The zero-order chi connectivity index (χ0) is 11.1. The zero-order valence-electron chi connectivity index (χ0n) is 8.36. The molecule has 3 nitrogen and oxygen atoms in total. The predicted octanol–water partition coefficient (Wildman–Crippen LogP) is 1.69. The zero-order valence-corrected chi connectivity index (χ0v) is 9.11. The van der Waals surface area contributed by atoms with E-state index in [1.54, 1.807) is 0 Å². The van der Waals surface area contributed by atoms with Gasteiger partial charge >= 0.3 is 5.97 Å². The van der Waals surface area contributed by atoms with Gasteiger partial charge in [0.1, 0.15) is 12.0 Å². The van der Waals surface area contributed by atoms with Crippen molar-refractivity contribution in [2.24, 2.45) is 5.73 Å². The van der Waals surface area contributed by atoms with E-state index in [9.17, 15) is 4.79 Å². The van der Waals surface area contributed by atoms with Gasteiger partial charge in [-0.05, 0) is 18.5 Å². The summed E-state index contributed by atoms with van der Waals surface area (Å²) in [6.07, 6.45) is 0.440. The number of nitrogens with two attached hydrogens (primary N) is 1. The molecular formula is C11H14ClNO2. The molecule has 1 unspecified atom stereocenters. The Morgan fingerprint density at radius 1 is 1.40 bits per heavy atom. The summed E-state index contributed by atoms with van der Waals surface area (Å²) in [6, 6.07) is 9.46. The van der Waals surface area contributed by atoms with Gasteiger partial charge in [0, 0.05) is 0 Å². The number of alkyl halides is 1. The predicted molar refractivity (Wildman–Crippen MR) is 59.6 cm³/mol. The number of benzene rings is 1. The lowest BCUT2D eigenvalue weighted by atomic mass is 10.2.